The van der Waals surface area contributed by atoms with E-state index in [2.05, 4.69) is 5.32 Å². The second-order valence-electron chi connectivity index (χ2n) is 10.1. The molecule has 3 aromatic carbocycles. The van der Waals surface area contributed by atoms with Gasteiger partial charge in [0.1, 0.15) is 6.04 Å². The van der Waals surface area contributed by atoms with Gasteiger partial charge in [-0.05, 0) is 48.2 Å². The number of para-hydroxylation sites is 1. The van der Waals surface area contributed by atoms with Gasteiger partial charge in [0, 0.05) is 35.9 Å². The van der Waals surface area contributed by atoms with Crippen LogP contribution in [-0.2, 0) is 22.6 Å². The van der Waals surface area contributed by atoms with E-state index in [4.69, 9.17) is 10.7 Å². The van der Waals surface area contributed by atoms with Crippen LogP contribution in [0.5, 0.6) is 0 Å². The zero-order valence-corrected chi connectivity index (χ0v) is 21.4. The molecule has 2 aliphatic rings. The summed E-state index contributed by atoms with van der Waals surface area (Å²) in [7, 11) is 0. The lowest BCUT2D eigenvalue weighted by Gasteiger charge is -2.29. The Hall–Kier alpha value is -4.85. The fourth-order valence-corrected chi connectivity index (χ4v) is 5.68. The van der Waals surface area contributed by atoms with Crippen molar-refractivity contribution in [3.63, 3.8) is 0 Å². The van der Waals surface area contributed by atoms with Gasteiger partial charge in [0.2, 0.25) is 17.7 Å². The van der Waals surface area contributed by atoms with E-state index in [0.717, 1.165) is 27.8 Å². The SMILES string of the molecule is Cc1cccc(-c2nc3ccccc3c(C(N)=O)c2Cc2ccc3c(c2)CN(C2CCC(=O)NC2=O)C3=O)c1. The van der Waals surface area contributed by atoms with Crippen molar-refractivity contribution in [1.29, 1.82) is 0 Å². The van der Waals surface area contributed by atoms with Crippen molar-refractivity contribution in [3.05, 3.63) is 100 Å². The van der Waals surface area contributed by atoms with Gasteiger partial charge in [0.25, 0.3) is 5.91 Å². The Bertz CT molecular complexity index is 1710. The van der Waals surface area contributed by atoms with Crippen LogP contribution in [0.4, 0.5) is 0 Å². The Labute approximate surface area is 224 Å². The Balaban J connectivity index is 1.42. The number of pyridine rings is 1. The molecule has 0 saturated carbocycles. The molecular formula is C31H26N4O4. The third-order valence-corrected chi connectivity index (χ3v) is 7.50. The van der Waals surface area contributed by atoms with E-state index in [0.29, 0.717) is 40.6 Å². The van der Waals surface area contributed by atoms with Crippen LogP contribution < -0.4 is 11.1 Å². The normalized spacial score (nSPS) is 16.9. The molecule has 1 saturated heterocycles. The summed E-state index contributed by atoms with van der Waals surface area (Å²) < 4.78 is 0. The molecule has 1 unspecified atom stereocenters. The lowest BCUT2D eigenvalue weighted by atomic mass is 9.90. The van der Waals surface area contributed by atoms with Crippen molar-refractivity contribution in [2.45, 2.75) is 38.8 Å². The largest absolute Gasteiger partial charge is 0.366 e. The summed E-state index contributed by atoms with van der Waals surface area (Å²) in [4.78, 5) is 56.5. The number of aryl methyl sites for hydroxylation is 1. The summed E-state index contributed by atoms with van der Waals surface area (Å²) in [5, 5.41) is 3.02. The quantitative estimate of drug-likeness (QED) is 0.391. The molecule has 2 aliphatic heterocycles. The van der Waals surface area contributed by atoms with Gasteiger partial charge in [-0.3, -0.25) is 24.5 Å². The smallest absolute Gasteiger partial charge is 0.255 e. The van der Waals surface area contributed by atoms with Crippen LogP contribution in [0.1, 0.15) is 55.8 Å². The molecule has 0 bridgehead atoms. The van der Waals surface area contributed by atoms with Crippen LogP contribution in [0.2, 0.25) is 0 Å². The molecule has 8 heteroatoms. The van der Waals surface area contributed by atoms with Crippen molar-refractivity contribution in [3.8, 4) is 11.3 Å². The molecule has 4 amide bonds. The van der Waals surface area contributed by atoms with E-state index in [1.807, 2.05) is 67.6 Å². The number of hydrogen-bond donors (Lipinski definition) is 2. The highest BCUT2D eigenvalue weighted by molar-refractivity contribution is 6.08. The van der Waals surface area contributed by atoms with Crippen molar-refractivity contribution in [2.24, 2.45) is 5.73 Å². The number of primary amides is 1. The molecule has 1 aromatic heterocycles. The number of hydrogen-bond acceptors (Lipinski definition) is 5. The molecule has 8 nitrogen and oxygen atoms in total. The summed E-state index contributed by atoms with van der Waals surface area (Å²) in [6, 6.07) is 20.3. The maximum Gasteiger partial charge on any atom is 0.255 e. The predicted octanol–water partition coefficient (Wildman–Crippen LogP) is 3.66. The first-order valence-corrected chi connectivity index (χ1v) is 12.8. The van der Waals surface area contributed by atoms with Crippen LogP contribution in [0.3, 0.4) is 0 Å². The Morgan fingerprint density at radius 3 is 2.64 bits per heavy atom. The molecular weight excluding hydrogens is 492 g/mol. The second kappa shape index (κ2) is 9.47. The summed E-state index contributed by atoms with van der Waals surface area (Å²) in [5.41, 5.74) is 12.7. The number of imide groups is 1. The van der Waals surface area contributed by atoms with E-state index in [1.54, 1.807) is 6.07 Å². The number of carbonyl (C=O) groups is 4. The minimum Gasteiger partial charge on any atom is -0.366 e. The first-order valence-electron chi connectivity index (χ1n) is 12.8. The number of fused-ring (bicyclic) bond motifs is 2. The maximum absolute atomic E-state index is 13.1. The van der Waals surface area contributed by atoms with Gasteiger partial charge < -0.3 is 10.6 Å². The number of piperidine rings is 1. The number of nitrogens with one attached hydrogen (secondary N) is 1. The van der Waals surface area contributed by atoms with E-state index in [1.165, 1.54) is 4.90 Å². The molecule has 0 spiro atoms. The zero-order chi connectivity index (χ0) is 27.3. The minimum absolute atomic E-state index is 0.203. The number of benzene rings is 3. The third kappa shape index (κ3) is 4.33. The van der Waals surface area contributed by atoms with Gasteiger partial charge in [0.15, 0.2) is 0 Å². The first-order chi connectivity index (χ1) is 18.8. The monoisotopic (exact) mass is 518 g/mol. The Morgan fingerprint density at radius 1 is 1.05 bits per heavy atom. The highest BCUT2D eigenvalue weighted by Gasteiger charge is 2.39. The topological polar surface area (TPSA) is 122 Å². The minimum atomic E-state index is -0.676. The molecule has 0 radical (unpaired) electrons. The summed E-state index contributed by atoms with van der Waals surface area (Å²) in [6.45, 7) is 2.28. The van der Waals surface area contributed by atoms with Gasteiger partial charge >= 0.3 is 0 Å². The molecule has 39 heavy (non-hydrogen) atoms. The second-order valence-corrected chi connectivity index (χ2v) is 10.1. The summed E-state index contributed by atoms with van der Waals surface area (Å²) in [5.74, 6) is -1.51. The van der Waals surface area contributed by atoms with Gasteiger partial charge in [-0.1, -0.05) is 54.1 Å². The fraction of sp³-hybridized carbons (Fsp3) is 0.194. The van der Waals surface area contributed by atoms with Crippen LogP contribution in [0.25, 0.3) is 22.2 Å². The van der Waals surface area contributed by atoms with Crippen molar-refractivity contribution in [2.75, 3.05) is 0 Å². The van der Waals surface area contributed by atoms with Crippen LogP contribution in [0.15, 0.2) is 66.7 Å². The first kappa shape index (κ1) is 24.5. The van der Waals surface area contributed by atoms with Crippen molar-refractivity contribution >= 4 is 34.5 Å². The molecule has 0 aliphatic carbocycles. The fourth-order valence-electron chi connectivity index (χ4n) is 5.68. The number of amides is 4. The zero-order valence-electron chi connectivity index (χ0n) is 21.4. The van der Waals surface area contributed by atoms with Gasteiger partial charge in [-0.2, -0.15) is 0 Å². The Morgan fingerprint density at radius 2 is 1.87 bits per heavy atom. The third-order valence-electron chi connectivity index (χ3n) is 7.50. The van der Waals surface area contributed by atoms with Crippen molar-refractivity contribution < 1.29 is 19.2 Å². The predicted molar refractivity (Wildman–Crippen MR) is 146 cm³/mol. The van der Waals surface area contributed by atoms with E-state index >= 15 is 0 Å². The summed E-state index contributed by atoms with van der Waals surface area (Å²) >= 11 is 0. The van der Waals surface area contributed by atoms with E-state index in [-0.39, 0.29) is 24.8 Å². The molecule has 3 N–H and O–H groups in total. The lowest BCUT2D eigenvalue weighted by molar-refractivity contribution is -0.136. The van der Waals surface area contributed by atoms with E-state index < -0.39 is 17.9 Å². The molecule has 1 fully saturated rings. The van der Waals surface area contributed by atoms with Gasteiger partial charge in [-0.25, -0.2) is 4.98 Å². The number of carbonyl (C=O) groups excluding carboxylic acids is 4. The van der Waals surface area contributed by atoms with Crippen LogP contribution in [0, 0.1) is 6.92 Å². The number of rotatable bonds is 5. The molecule has 6 rings (SSSR count). The molecule has 4 aromatic rings. The highest BCUT2D eigenvalue weighted by atomic mass is 16.2. The van der Waals surface area contributed by atoms with Crippen LogP contribution in [-0.4, -0.2) is 39.6 Å². The average Bonchev–Trinajstić information content (AvgIpc) is 3.23. The van der Waals surface area contributed by atoms with Crippen LogP contribution >= 0.6 is 0 Å². The lowest BCUT2D eigenvalue weighted by Crippen LogP contribution is -2.52. The summed E-state index contributed by atoms with van der Waals surface area (Å²) in [6.07, 6.45) is 0.884. The number of nitrogens with zero attached hydrogens (tertiary/aromatic N) is 2. The average molecular weight is 519 g/mol. The molecule has 1 atom stereocenters. The van der Waals surface area contributed by atoms with Gasteiger partial charge in [0.05, 0.1) is 16.8 Å². The van der Waals surface area contributed by atoms with E-state index in [9.17, 15) is 19.2 Å². The molecule has 3 heterocycles. The molecule has 194 valence electrons. The number of aromatic nitrogens is 1. The highest BCUT2D eigenvalue weighted by Crippen LogP contribution is 2.34. The number of nitrogens with two attached hydrogens (primary N) is 1. The van der Waals surface area contributed by atoms with Crippen molar-refractivity contribution in [1.82, 2.24) is 15.2 Å². The maximum atomic E-state index is 13.1. The van der Waals surface area contributed by atoms with Gasteiger partial charge in [-0.15, -0.1) is 0 Å². The Kier molecular flexibility index (Phi) is 5.95. The standard InChI is InChI=1S/C31H26N4O4/c1-17-5-4-6-19(13-17)28-23(27(29(32)37)22-7-2-3-8-24(22)33-28)15-18-9-10-21-20(14-18)16-35(31(21)39)25-11-12-26(36)34-30(25)38/h2-10,13-14,25H,11-12,15-16H2,1H3,(H2,32,37)(H,34,36,38).